The van der Waals surface area contributed by atoms with Gasteiger partial charge in [0, 0.05) is 0 Å². The summed E-state index contributed by atoms with van der Waals surface area (Å²) in [6, 6.07) is 23.4. The molecular weight excluding hydrogens is 428 g/mol. The molecule has 0 bridgehead atoms. The summed E-state index contributed by atoms with van der Waals surface area (Å²) in [5.41, 5.74) is 1.80. The number of hydrogen-bond acceptors (Lipinski definition) is 4. The van der Waals surface area contributed by atoms with Gasteiger partial charge in [0.25, 0.3) is 10.0 Å². The van der Waals surface area contributed by atoms with Crippen LogP contribution in [0.1, 0.15) is 11.1 Å². The maximum absolute atomic E-state index is 12.1. The Morgan fingerprint density at radius 3 is 2.30 bits per heavy atom. The lowest BCUT2D eigenvalue weighted by atomic mass is 10.2. The number of ether oxygens (including phenoxy) is 1. The summed E-state index contributed by atoms with van der Waals surface area (Å²) in [6.45, 7) is 0.462. The van der Waals surface area contributed by atoms with Gasteiger partial charge in [0.15, 0.2) is 0 Å². The first-order valence-corrected chi connectivity index (χ1v) is 10.4. The van der Waals surface area contributed by atoms with Crippen LogP contribution in [0.4, 0.5) is 0 Å². The molecule has 7 heteroatoms. The summed E-state index contributed by atoms with van der Waals surface area (Å²) in [5, 5.41) is 3.83. The van der Waals surface area contributed by atoms with Gasteiger partial charge in [-0.2, -0.15) is 13.5 Å². The van der Waals surface area contributed by atoms with Crippen molar-refractivity contribution in [2.45, 2.75) is 11.5 Å². The van der Waals surface area contributed by atoms with Gasteiger partial charge in [-0.3, -0.25) is 0 Å². The summed E-state index contributed by atoms with van der Waals surface area (Å²) >= 11 is 3.46. The number of rotatable bonds is 7. The van der Waals surface area contributed by atoms with Crippen LogP contribution in [0, 0.1) is 0 Å². The molecule has 0 heterocycles. The minimum absolute atomic E-state index is 0.160. The minimum atomic E-state index is -3.67. The SMILES string of the molecule is O=S(=O)(N/N=C\c1ccc(OCc2ccccc2)c(Br)c1)c1ccccc1. The van der Waals surface area contributed by atoms with Crippen molar-refractivity contribution >= 4 is 32.2 Å². The molecule has 0 saturated heterocycles. The normalized spacial score (nSPS) is 11.4. The van der Waals surface area contributed by atoms with E-state index in [9.17, 15) is 8.42 Å². The van der Waals surface area contributed by atoms with Crippen molar-refractivity contribution in [3.05, 3.63) is 94.5 Å². The molecule has 0 aliphatic rings. The molecule has 0 aliphatic carbocycles. The average molecular weight is 445 g/mol. The van der Waals surface area contributed by atoms with E-state index in [0.29, 0.717) is 12.4 Å². The lowest BCUT2D eigenvalue weighted by molar-refractivity contribution is 0.304. The van der Waals surface area contributed by atoms with E-state index < -0.39 is 10.0 Å². The zero-order chi connectivity index (χ0) is 19.1. The molecule has 5 nitrogen and oxygen atoms in total. The van der Waals surface area contributed by atoms with E-state index in [2.05, 4.69) is 25.9 Å². The van der Waals surface area contributed by atoms with Crippen molar-refractivity contribution < 1.29 is 13.2 Å². The Kier molecular flexibility index (Phi) is 6.26. The van der Waals surface area contributed by atoms with Crippen molar-refractivity contribution in [3.8, 4) is 5.75 Å². The number of nitrogens with one attached hydrogen (secondary N) is 1. The number of sulfonamides is 1. The quantitative estimate of drug-likeness (QED) is 0.435. The van der Waals surface area contributed by atoms with Crippen molar-refractivity contribution in [2.75, 3.05) is 0 Å². The van der Waals surface area contributed by atoms with Gasteiger partial charge >= 0.3 is 0 Å². The fourth-order valence-corrected chi connectivity index (χ4v) is 3.60. The van der Waals surface area contributed by atoms with Crippen LogP contribution < -0.4 is 9.57 Å². The fraction of sp³-hybridized carbons (Fsp3) is 0.0500. The van der Waals surface area contributed by atoms with E-state index in [0.717, 1.165) is 15.6 Å². The molecule has 0 atom stereocenters. The largest absolute Gasteiger partial charge is 0.488 e. The van der Waals surface area contributed by atoms with Gasteiger partial charge in [0.05, 0.1) is 15.6 Å². The maximum Gasteiger partial charge on any atom is 0.276 e. The monoisotopic (exact) mass is 444 g/mol. The maximum atomic E-state index is 12.1. The zero-order valence-electron chi connectivity index (χ0n) is 14.2. The summed E-state index contributed by atoms with van der Waals surface area (Å²) in [6.07, 6.45) is 1.44. The van der Waals surface area contributed by atoms with Gasteiger partial charge in [-0.05, 0) is 57.4 Å². The van der Waals surface area contributed by atoms with Crippen LogP contribution in [-0.4, -0.2) is 14.6 Å². The molecule has 0 amide bonds. The van der Waals surface area contributed by atoms with Gasteiger partial charge in [-0.15, -0.1) is 0 Å². The third kappa shape index (κ3) is 5.42. The molecule has 0 unspecified atom stereocenters. The first kappa shape index (κ1) is 19.1. The number of nitrogens with zero attached hydrogens (tertiary/aromatic N) is 1. The third-order valence-electron chi connectivity index (χ3n) is 3.63. The molecule has 0 spiro atoms. The highest BCUT2D eigenvalue weighted by Gasteiger charge is 2.11. The topological polar surface area (TPSA) is 67.8 Å². The molecule has 3 rings (SSSR count). The van der Waals surface area contributed by atoms with Crippen molar-refractivity contribution in [1.82, 2.24) is 4.83 Å². The standard InChI is InChI=1S/C20H17BrN2O3S/c21-19-13-17(11-12-20(19)26-15-16-7-3-1-4-8-16)14-22-23-27(24,25)18-9-5-2-6-10-18/h1-14,23H,15H2/b22-14-. The molecule has 1 N–H and O–H groups in total. The van der Waals surface area contributed by atoms with E-state index in [1.165, 1.54) is 18.3 Å². The van der Waals surface area contributed by atoms with Gasteiger partial charge in [0.2, 0.25) is 0 Å². The summed E-state index contributed by atoms with van der Waals surface area (Å²) in [4.78, 5) is 2.36. The Balaban J connectivity index is 1.63. The lowest BCUT2D eigenvalue weighted by Gasteiger charge is -2.09. The molecule has 0 fully saturated rings. The van der Waals surface area contributed by atoms with Crippen LogP contribution in [-0.2, 0) is 16.6 Å². The molecule has 0 saturated carbocycles. The summed E-state index contributed by atoms with van der Waals surface area (Å²) in [5.74, 6) is 0.695. The second kappa shape index (κ2) is 8.83. The van der Waals surface area contributed by atoms with Crippen LogP contribution >= 0.6 is 15.9 Å². The molecule has 138 valence electrons. The Bertz CT molecular complexity index is 1020. The molecular formula is C20H17BrN2O3S. The Labute approximate surface area is 166 Å². The number of hydrazone groups is 1. The summed E-state index contributed by atoms with van der Waals surface area (Å²) in [7, 11) is -3.67. The van der Waals surface area contributed by atoms with Gasteiger partial charge in [-0.25, -0.2) is 4.83 Å². The fourth-order valence-electron chi connectivity index (χ4n) is 2.27. The van der Waals surface area contributed by atoms with Crippen molar-refractivity contribution in [3.63, 3.8) is 0 Å². The van der Waals surface area contributed by atoms with Gasteiger partial charge in [-0.1, -0.05) is 48.5 Å². The van der Waals surface area contributed by atoms with Crippen LogP contribution in [0.25, 0.3) is 0 Å². The number of benzene rings is 3. The highest BCUT2D eigenvalue weighted by Crippen LogP contribution is 2.26. The lowest BCUT2D eigenvalue weighted by Crippen LogP contribution is -2.18. The molecule has 3 aromatic carbocycles. The Morgan fingerprint density at radius 1 is 0.963 bits per heavy atom. The molecule has 3 aromatic rings. The van der Waals surface area contributed by atoms with Gasteiger partial charge < -0.3 is 4.74 Å². The average Bonchev–Trinajstić information content (AvgIpc) is 2.69. The predicted molar refractivity (Wildman–Crippen MR) is 109 cm³/mol. The Hall–Kier alpha value is -2.64. The van der Waals surface area contributed by atoms with E-state index in [1.54, 1.807) is 36.4 Å². The van der Waals surface area contributed by atoms with E-state index in [1.807, 2.05) is 30.3 Å². The van der Waals surface area contributed by atoms with Crippen LogP contribution in [0.3, 0.4) is 0 Å². The molecule has 0 aliphatic heterocycles. The van der Waals surface area contributed by atoms with Crippen LogP contribution in [0.2, 0.25) is 0 Å². The molecule has 0 radical (unpaired) electrons. The predicted octanol–water partition coefficient (Wildman–Crippen LogP) is 4.34. The highest BCUT2D eigenvalue weighted by molar-refractivity contribution is 9.10. The van der Waals surface area contributed by atoms with Crippen LogP contribution in [0.5, 0.6) is 5.75 Å². The number of hydrogen-bond donors (Lipinski definition) is 1. The van der Waals surface area contributed by atoms with E-state index in [-0.39, 0.29) is 4.90 Å². The zero-order valence-corrected chi connectivity index (χ0v) is 16.7. The number of halogens is 1. The van der Waals surface area contributed by atoms with Crippen molar-refractivity contribution in [2.24, 2.45) is 5.10 Å². The smallest absolute Gasteiger partial charge is 0.276 e. The van der Waals surface area contributed by atoms with E-state index in [4.69, 9.17) is 4.74 Å². The second-order valence-electron chi connectivity index (χ2n) is 5.63. The first-order valence-electron chi connectivity index (χ1n) is 8.11. The van der Waals surface area contributed by atoms with Crippen molar-refractivity contribution in [1.29, 1.82) is 0 Å². The second-order valence-corrected chi connectivity index (χ2v) is 8.15. The molecule has 0 aromatic heterocycles. The highest BCUT2D eigenvalue weighted by atomic mass is 79.9. The first-order chi connectivity index (χ1) is 13.0. The molecule has 27 heavy (non-hydrogen) atoms. The van der Waals surface area contributed by atoms with Gasteiger partial charge in [0.1, 0.15) is 12.4 Å². The summed E-state index contributed by atoms with van der Waals surface area (Å²) < 4.78 is 30.8. The third-order valence-corrected chi connectivity index (χ3v) is 5.49. The van der Waals surface area contributed by atoms with Crippen LogP contribution in [0.15, 0.2) is 93.3 Å². The van der Waals surface area contributed by atoms with E-state index >= 15 is 0 Å². The minimum Gasteiger partial charge on any atom is -0.488 e. The Morgan fingerprint density at radius 2 is 1.63 bits per heavy atom.